The van der Waals surface area contributed by atoms with Crippen molar-refractivity contribution >= 4 is 6.08 Å². The summed E-state index contributed by atoms with van der Waals surface area (Å²) in [6, 6.07) is 9.39. The number of nitrogens with zero attached hydrogens (tertiary/aromatic N) is 1. The molecule has 0 unspecified atom stereocenters. The predicted octanol–water partition coefficient (Wildman–Crippen LogP) is 3.00. The van der Waals surface area contributed by atoms with Crippen LogP contribution >= 0.6 is 0 Å². The maximum Gasteiger partial charge on any atom is 0.0902 e. The van der Waals surface area contributed by atoms with Gasteiger partial charge in [-0.1, -0.05) is 12.6 Å². The minimum absolute atomic E-state index is 0.924. The predicted molar refractivity (Wildman–Crippen MR) is 53.0 cm³/mol. The van der Waals surface area contributed by atoms with Gasteiger partial charge in [0.2, 0.25) is 0 Å². The number of hydrogen-bond donors (Lipinski definition) is 0. The summed E-state index contributed by atoms with van der Waals surface area (Å²) in [7, 11) is 0. The van der Waals surface area contributed by atoms with Crippen molar-refractivity contribution < 1.29 is 4.42 Å². The summed E-state index contributed by atoms with van der Waals surface area (Å²) in [6.45, 7) is 3.57. The molecule has 0 saturated carbocycles. The molecule has 0 bridgehead atoms. The van der Waals surface area contributed by atoms with Crippen molar-refractivity contribution in [2.45, 2.75) is 0 Å². The van der Waals surface area contributed by atoms with E-state index >= 15 is 0 Å². The monoisotopic (exact) mass is 173 g/mol. The van der Waals surface area contributed by atoms with Gasteiger partial charge in [0.1, 0.15) is 0 Å². The molecule has 0 N–H and O–H groups in total. The molecule has 2 aromatic heterocycles. The number of pyridine rings is 1. The molecular weight excluding hydrogens is 162 g/mol. The average molecular weight is 173 g/mol. The summed E-state index contributed by atoms with van der Waals surface area (Å²) >= 11 is 0. The highest BCUT2D eigenvalue weighted by atomic mass is 16.3. The fraction of sp³-hybridized carbons (Fsp3) is 0. The minimum Gasteiger partial charge on any atom is -0.473 e. The zero-order valence-corrected chi connectivity index (χ0v) is 7.26. The Hall–Kier alpha value is -1.83. The van der Waals surface area contributed by atoms with Crippen LogP contribution < -0.4 is 0 Å². The van der Waals surface area contributed by atoms with Crippen LogP contribution in [0.4, 0.5) is 0 Å². The summed E-state index contributed by atoms with van der Waals surface area (Å²) < 4.78 is 4.58. The zero-order chi connectivity index (χ0) is 9.36. The molecule has 2 heterocycles. The molecule has 0 atom stereocenters. The van der Waals surface area contributed by atoms with E-state index in [1.807, 2.05) is 30.3 Å². The molecule has 0 amide bonds. The third-order valence-electron chi connectivity index (χ3n) is 1.32. The Balaban J connectivity index is 0.000000145. The van der Waals surface area contributed by atoms with E-state index in [-0.39, 0.29) is 0 Å². The first-order valence-corrected chi connectivity index (χ1v) is 3.94. The second kappa shape index (κ2) is 5.77. The van der Waals surface area contributed by atoms with Gasteiger partial charge in [0.05, 0.1) is 18.2 Å². The molecule has 0 aliphatic rings. The molecule has 66 valence electrons. The summed E-state index contributed by atoms with van der Waals surface area (Å²) in [6.07, 6.45) is 6.72. The van der Waals surface area contributed by atoms with Crippen LogP contribution in [0.3, 0.4) is 0 Å². The van der Waals surface area contributed by atoms with Gasteiger partial charge in [0.15, 0.2) is 0 Å². The van der Waals surface area contributed by atoms with E-state index in [9.17, 15) is 0 Å². The van der Waals surface area contributed by atoms with Crippen LogP contribution in [0.2, 0.25) is 0 Å². The fourth-order valence-corrected chi connectivity index (χ4v) is 0.724. The Morgan fingerprint density at radius 3 is 2.23 bits per heavy atom. The fourth-order valence-electron chi connectivity index (χ4n) is 0.724. The van der Waals surface area contributed by atoms with E-state index < -0.39 is 0 Å². The number of rotatable bonds is 1. The quantitative estimate of drug-likeness (QED) is 0.662. The highest BCUT2D eigenvalue weighted by Crippen LogP contribution is 1.91. The van der Waals surface area contributed by atoms with Gasteiger partial charge in [0.25, 0.3) is 0 Å². The molecular formula is C11H11NO. The Labute approximate surface area is 77.5 Å². The van der Waals surface area contributed by atoms with E-state index in [0.29, 0.717) is 0 Å². The van der Waals surface area contributed by atoms with E-state index in [4.69, 9.17) is 0 Å². The number of aromatic nitrogens is 1. The smallest absolute Gasteiger partial charge is 0.0902 e. The Kier molecular flexibility index (Phi) is 4.11. The molecule has 0 aliphatic heterocycles. The molecule has 0 spiro atoms. The Bertz CT molecular complexity index is 296. The maximum absolute atomic E-state index is 4.58. The van der Waals surface area contributed by atoms with Crippen molar-refractivity contribution in [3.8, 4) is 0 Å². The topological polar surface area (TPSA) is 26.0 Å². The van der Waals surface area contributed by atoms with E-state index in [1.54, 1.807) is 24.8 Å². The largest absolute Gasteiger partial charge is 0.473 e. The maximum atomic E-state index is 4.58. The first-order valence-electron chi connectivity index (χ1n) is 3.94. The lowest BCUT2D eigenvalue weighted by atomic mass is 10.4. The van der Waals surface area contributed by atoms with Gasteiger partial charge < -0.3 is 4.42 Å². The third kappa shape index (κ3) is 3.91. The number of furan rings is 1. The summed E-state index contributed by atoms with van der Waals surface area (Å²) in [5.74, 6) is 0. The average Bonchev–Trinajstić information content (AvgIpc) is 2.77. The SMILES string of the molecule is C=Cc1ccccn1.c1ccoc1. The molecule has 0 saturated heterocycles. The van der Waals surface area contributed by atoms with Crippen LogP contribution in [0, 0.1) is 0 Å². The van der Waals surface area contributed by atoms with Crippen molar-refractivity contribution in [2.24, 2.45) is 0 Å². The van der Waals surface area contributed by atoms with Crippen LogP contribution in [-0.2, 0) is 0 Å². The molecule has 0 radical (unpaired) electrons. The first kappa shape index (κ1) is 9.26. The van der Waals surface area contributed by atoms with E-state index in [0.717, 1.165) is 5.69 Å². The van der Waals surface area contributed by atoms with E-state index in [1.165, 1.54) is 0 Å². The lowest BCUT2D eigenvalue weighted by molar-refractivity contribution is 0.567. The van der Waals surface area contributed by atoms with Crippen molar-refractivity contribution in [3.63, 3.8) is 0 Å². The van der Waals surface area contributed by atoms with Gasteiger partial charge in [-0.05, 0) is 30.3 Å². The number of hydrogen-bond acceptors (Lipinski definition) is 2. The van der Waals surface area contributed by atoms with Crippen molar-refractivity contribution in [1.82, 2.24) is 4.98 Å². The molecule has 0 fully saturated rings. The molecule has 2 aromatic rings. The van der Waals surface area contributed by atoms with Crippen molar-refractivity contribution in [1.29, 1.82) is 0 Å². The molecule has 2 nitrogen and oxygen atoms in total. The van der Waals surface area contributed by atoms with E-state index in [2.05, 4.69) is 16.0 Å². The summed E-state index contributed by atoms with van der Waals surface area (Å²) in [5.41, 5.74) is 0.924. The molecule has 13 heavy (non-hydrogen) atoms. The van der Waals surface area contributed by atoms with Gasteiger partial charge >= 0.3 is 0 Å². The summed E-state index contributed by atoms with van der Waals surface area (Å²) in [5, 5.41) is 0. The Morgan fingerprint density at radius 1 is 1.15 bits per heavy atom. The van der Waals surface area contributed by atoms with Gasteiger partial charge in [-0.2, -0.15) is 0 Å². The van der Waals surface area contributed by atoms with Crippen LogP contribution in [0.1, 0.15) is 5.69 Å². The second-order valence-electron chi connectivity index (χ2n) is 2.25. The van der Waals surface area contributed by atoms with Crippen LogP contribution in [0.15, 0.2) is 60.1 Å². The molecule has 2 rings (SSSR count). The lowest BCUT2D eigenvalue weighted by Gasteiger charge is -1.84. The zero-order valence-electron chi connectivity index (χ0n) is 7.26. The third-order valence-corrected chi connectivity index (χ3v) is 1.32. The highest BCUT2D eigenvalue weighted by molar-refractivity contribution is 5.40. The van der Waals surface area contributed by atoms with Crippen LogP contribution in [0.5, 0.6) is 0 Å². The lowest BCUT2D eigenvalue weighted by Crippen LogP contribution is -1.73. The van der Waals surface area contributed by atoms with Gasteiger partial charge in [-0.15, -0.1) is 0 Å². The minimum atomic E-state index is 0.924. The first-order chi connectivity index (χ1) is 6.43. The standard InChI is InChI=1S/C7H7N.C4H4O/c1-2-7-5-3-4-6-8-7;1-2-4-5-3-1/h2-6H,1H2;1-4H. The van der Waals surface area contributed by atoms with Gasteiger partial charge in [-0.3, -0.25) is 4.98 Å². The normalized spacial score (nSPS) is 8.31. The van der Waals surface area contributed by atoms with Crippen LogP contribution in [-0.4, -0.2) is 4.98 Å². The molecule has 0 aromatic carbocycles. The van der Waals surface area contributed by atoms with Gasteiger partial charge in [0, 0.05) is 6.20 Å². The Morgan fingerprint density at radius 2 is 1.92 bits per heavy atom. The van der Waals surface area contributed by atoms with Crippen molar-refractivity contribution in [3.05, 3.63) is 61.3 Å². The summed E-state index contributed by atoms with van der Waals surface area (Å²) in [4.78, 5) is 3.98. The molecule has 2 heteroatoms. The van der Waals surface area contributed by atoms with Crippen molar-refractivity contribution in [2.75, 3.05) is 0 Å². The van der Waals surface area contributed by atoms with Gasteiger partial charge in [-0.25, -0.2) is 0 Å². The molecule has 0 aliphatic carbocycles. The van der Waals surface area contributed by atoms with Crippen LogP contribution in [0.25, 0.3) is 6.08 Å². The highest BCUT2D eigenvalue weighted by Gasteiger charge is 1.77. The second-order valence-corrected chi connectivity index (χ2v) is 2.25.